The van der Waals surface area contributed by atoms with E-state index >= 15 is 0 Å². The minimum atomic E-state index is -1.56. The number of rotatable bonds is 4. The Balaban J connectivity index is 2.15. The molecule has 5 nitrogen and oxygen atoms in total. The Bertz CT molecular complexity index is 443. The molecule has 1 aromatic rings. The van der Waals surface area contributed by atoms with E-state index in [-0.39, 0.29) is 0 Å². The van der Waals surface area contributed by atoms with Crippen molar-refractivity contribution in [1.82, 2.24) is 0 Å². The highest BCUT2D eigenvalue weighted by Crippen LogP contribution is 2.25. The van der Waals surface area contributed by atoms with E-state index in [1.807, 2.05) is 18.2 Å². The Hall–Kier alpha value is -1.59. The van der Waals surface area contributed by atoms with Crippen LogP contribution in [-0.4, -0.2) is 42.5 Å². The summed E-state index contributed by atoms with van der Waals surface area (Å²) in [5.41, 5.74) is 1.52. The van der Waals surface area contributed by atoms with Gasteiger partial charge in [-0.3, -0.25) is 0 Å². The van der Waals surface area contributed by atoms with Crippen LogP contribution in [0.3, 0.4) is 0 Å². The highest BCUT2D eigenvalue weighted by molar-refractivity contribution is 5.75. The molecular weight excluding hydrogens is 246 g/mol. The van der Waals surface area contributed by atoms with E-state index in [1.165, 1.54) is 7.11 Å². The van der Waals surface area contributed by atoms with Gasteiger partial charge >= 0.3 is 5.97 Å². The average Bonchev–Trinajstić information content (AvgIpc) is 2.99. The number of aliphatic hydroxyl groups excluding tert-OH is 2. The molecule has 2 unspecified atom stereocenters. The molecule has 0 amide bonds. The van der Waals surface area contributed by atoms with Crippen LogP contribution in [0.5, 0.6) is 0 Å². The van der Waals surface area contributed by atoms with Gasteiger partial charge in [-0.05, 0) is 30.5 Å². The van der Waals surface area contributed by atoms with E-state index in [4.69, 9.17) is 0 Å². The summed E-state index contributed by atoms with van der Waals surface area (Å²) in [7, 11) is 1.18. The number of benzene rings is 1. The summed E-state index contributed by atoms with van der Waals surface area (Å²) < 4.78 is 4.43. The summed E-state index contributed by atoms with van der Waals surface area (Å²) in [6, 6.07) is 7.28. The summed E-state index contributed by atoms with van der Waals surface area (Å²) in [5, 5.41) is 19.6. The SMILES string of the molecule is COC(=O)C(O)C(O)c1cccc(N2CCCC2)c1. The first kappa shape index (κ1) is 13.8. The van der Waals surface area contributed by atoms with Gasteiger partial charge in [0.2, 0.25) is 0 Å². The van der Waals surface area contributed by atoms with Gasteiger partial charge in [0.05, 0.1) is 7.11 Å². The van der Waals surface area contributed by atoms with Crippen LogP contribution in [0.1, 0.15) is 24.5 Å². The number of hydrogen-bond donors (Lipinski definition) is 2. The van der Waals surface area contributed by atoms with Crippen LogP contribution in [0.15, 0.2) is 24.3 Å². The molecule has 0 bridgehead atoms. The Kier molecular flexibility index (Phi) is 4.39. The second-order valence-electron chi connectivity index (χ2n) is 4.70. The smallest absolute Gasteiger partial charge is 0.337 e. The second kappa shape index (κ2) is 6.04. The van der Waals surface area contributed by atoms with E-state index in [0.717, 1.165) is 31.6 Å². The minimum absolute atomic E-state index is 0.516. The van der Waals surface area contributed by atoms with Crippen molar-refractivity contribution >= 4 is 11.7 Å². The molecule has 1 aromatic carbocycles. The lowest BCUT2D eigenvalue weighted by Crippen LogP contribution is -2.29. The van der Waals surface area contributed by atoms with Gasteiger partial charge < -0.3 is 19.8 Å². The topological polar surface area (TPSA) is 70.0 Å². The van der Waals surface area contributed by atoms with Crippen molar-refractivity contribution in [2.45, 2.75) is 25.0 Å². The first-order chi connectivity index (χ1) is 9.13. The average molecular weight is 265 g/mol. The van der Waals surface area contributed by atoms with Crippen molar-refractivity contribution in [2.24, 2.45) is 0 Å². The number of esters is 1. The van der Waals surface area contributed by atoms with Crippen molar-refractivity contribution in [3.63, 3.8) is 0 Å². The van der Waals surface area contributed by atoms with Gasteiger partial charge in [0.1, 0.15) is 6.10 Å². The molecular formula is C14H19NO4. The molecule has 1 fully saturated rings. The number of nitrogens with zero attached hydrogens (tertiary/aromatic N) is 1. The fraction of sp³-hybridized carbons (Fsp3) is 0.500. The molecule has 1 aliphatic heterocycles. The van der Waals surface area contributed by atoms with Gasteiger partial charge in [0.25, 0.3) is 0 Å². The van der Waals surface area contributed by atoms with Gasteiger partial charge in [0, 0.05) is 18.8 Å². The fourth-order valence-corrected chi connectivity index (χ4v) is 2.31. The number of carbonyl (C=O) groups is 1. The van der Waals surface area contributed by atoms with Crippen molar-refractivity contribution in [1.29, 1.82) is 0 Å². The fourth-order valence-electron chi connectivity index (χ4n) is 2.31. The molecule has 0 saturated carbocycles. The first-order valence-electron chi connectivity index (χ1n) is 6.42. The quantitative estimate of drug-likeness (QED) is 0.790. The van der Waals surface area contributed by atoms with E-state index < -0.39 is 18.2 Å². The van der Waals surface area contributed by atoms with Gasteiger partial charge in [-0.25, -0.2) is 4.79 Å². The minimum Gasteiger partial charge on any atom is -0.467 e. The maximum absolute atomic E-state index is 11.2. The summed E-state index contributed by atoms with van der Waals surface area (Å²) in [6.07, 6.45) is -0.497. The predicted molar refractivity (Wildman–Crippen MR) is 70.9 cm³/mol. The summed E-state index contributed by atoms with van der Waals surface area (Å²) in [4.78, 5) is 13.4. The van der Waals surface area contributed by atoms with Crippen molar-refractivity contribution in [3.8, 4) is 0 Å². The van der Waals surface area contributed by atoms with Crippen LogP contribution in [0.2, 0.25) is 0 Å². The van der Waals surface area contributed by atoms with Crippen LogP contribution in [0.25, 0.3) is 0 Å². The number of carbonyl (C=O) groups excluding carboxylic acids is 1. The molecule has 0 aromatic heterocycles. The molecule has 2 rings (SSSR count). The molecule has 19 heavy (non-hydrogen) atoms. The first-order valence-corrected chi connectivity index (χ1v) is 6.42. The number of hydrogen-bond acceptors (Lipinski definition) is 5. The largest absolute Gasteiger partial charge is 0.467 e. The summed E-state index contributed by atoms with van der Waals surface area (Å²) in [6.45, 7) is 2.00. The predicted octanol–water partition coefficient (Wildman–Crippen LogP) is 0.854. The second-order valence-corrected chi connectivity index (χ2v) is 4.70. The molecule has 0 aliphatic carbocycles. The lowest BCUT2D eigenvalue weighted by molar-refractivity contribution is -0.156. The lowest BCUT2D eigenvalue weighted by Gasteiger charge is -2.21. The van der Waals surface area contributed by atoms with Crippen molar-refractivity contribution in [2.75, 3.05) is 25.1 Å². The normalized spacial score (nSPS) is 18.2. The molecule has 2 atom stereocenters. The number of methoxy groups -OCH3 is 1. The third kappa shape index (κ3) is 3.05. The highest BCUT2D eigenvalue weighted by atomic mass is 16.5. The monoisotopic (exact) mass is 265 g/mol. The molecule has 2 N–H and O–H groups in total. The zero-order valence-electron chi connectivity index (χ0n) is 11.0. The van der Waals surface area contributed by atoms with E-state index in [9.17, 15) is 15.0 Å². The molecule has 0 radical (unpaired) electrons. The molecule has 5 heteroatoms. The lowest BCUT2D eigenvalue weighted by atomic mass is 10.0. The zero-order chi connectivity index (χ0) is 13.8. The van der Waals surface area contributed by atoms with Gasteiger partial charge in [-0.15, -0.1) is 0 Å². The zero-order valence-corrected chi connectivity index (χ0v) is 11.0. The van der Waals surface area contributed by atoms with E-state index in [2.05, 4.69) is 9.64 Å². The van der Waals surface area contributed by atoms with Crippen LogP contribution < -0.4 is 4.90 Å². The third-order valence-electron chi connectivity index (χ3n) is 3.42. The Morgan fingerprint density at radius 2 is 2.00 bits per heavy atom. The van der Waals surface area contributed by atoms with Crippen LogP contribution in [0.4, 0.5) is 5.69 Å². The molecule has 1 heterocycles. The van der Waals surface area contributed by atoms with E-state index in [1.54, 1.807) is 6.07 Å². The van der Waals surface area contributed by atoms with Gasteiger partial charge in [-0.1, -0.05) is 12.1 Å². The van der Waals surface area contributed by atoms with Crippen molar-refractivity contribution in [3.05, 3.63) is 29.8 Å². The number of aliphatic hydroxyl groups is 2. The third-order valence-corrected chi connectivity index (χ3v) is 3.42. The number of anilines is 1. The summed E-state index contributed by atoms with van der Waals surface area (Å²) >= 11 is 0. The molecule has 1 aliphatic rings. The summed E-state index contributed by atoms with van der Waals surface area (Å²) in [5.74, 6) is -0.834. The molecule has 0 spiro atoms. The standard InChI is InChI=1S/C14H19NO4/c1-19-14(18)13(17)12(16)10-5-4-6-11(9-10)15-7-2-3-8-15/h4-6,9,12-13,16-17H,2-3,7-8H2,1H3. The Morgan fingerprint density at radius 1 is 1.32 bits per heavy atom. The Labute approximate surface area is 112 Å². The Morgan fingerprint density at radius 3 is 2.63 bits per heavy atom. The van der Waals surface area contributed by atoms with Crippen LogP contribution in [0, 0.1) is 0 Å². The molecule has 1 saturated heterocycles. The van der Waals surface area contributed by atoms with E-state index in [0.29, 0.717) is 5.56 Å². The van der Waals surface area contributed by atoms with Gasteiger partial charge in [-0.2, -0.15) is 0 Å². The number of ether oxygens (including phenoxy) is 1. The molecule has 104 valence electrons. The van der Waals surface area contributed by atoms with Gasteiger partial charge in [0.15, 0.2) is 6.10 Å². The maximum atomic E-state index is 11.2. The van der Waals surface area contributed by atoms with Crippen LogP contribution >= 0.6 is 0 Å². The van der Waals surface area contributed by atoms with Crippen LogP contribution in [-0.2, 0) is 9.53 Å². The maximum Gasteiger partial charge on any atom is 0.337 e. The highest BCUT2D eigenvalue weighted by Gasteiger charge is 2.27. The van der Waals surface area contributed by atoms with Crippen molar-refractivity contribution < 1.29 is 19.7 Å².